The van der Waals surface area contributed by atoms with E-state index in [1.807, 2.05) is 45.0 Å². The number of nitrogens with zero attached hydrogens (tertiary/aromatic N) is 1. The average molecular weight is 403 g/mol. The highest BCUT2D eigenvalue weighted by Crippen LogP contribution is 2.16. The van der Waals surface area contributed by atoms with Gasteiger partial charge in [0.1, 0.15) is 11.8 Å². The molecule has 0 spiro atoms. The van der Waals surface area contributed by atoms with Gasteiger partial charge in [0.05, 0.1) is 0 Å². The van der Waals surface area contributed by atoms with Gasteiger partial charge < -0.3 is 15.0 Å². The lowest BCUT2D eigenvalue weighted by molar-refractivity contribution is -0.142. The van der Waals surface area contributed by atoms with Gasteiger partial charge in [0.15, 0.2) is 6.61 Å². The van der Waals surface area contributed by atoms with Crippen molar-refractivity contribution in [1.82, 2.24) is 10.2 Å². The molecule has 0 aliphatic rings. The van der Waals surface area contributed by atoms with Gasteiger partial charge in [-0.3, -0.25) is 9.59 Å². The van der Waals surface area contributed by atoms with Crippen molar-refractivity contribution in [3.63, 3.8) is 0 Å². The van der Waals surface area contributed by atoms with E-state index < -0.39 is 6.04 Å². The fourth-order valence-corrected chi connectivity index (χ4v) is 2.88. The monoisotopic (exact) mass is 402 g/mol. The van der Waals surface area contributed by atoms with Gasteiger partial charge >= 0.3 is 0 Å². The normalized spacial score (nSPS) is 11.8. The van der Waals surface area contributed by atoms with E-state index in [-0.39, 0.29) is 24.5 Å². The Bertz CT molecular complexity index is 806. The highest BCUT2D eigenvalue weighted by molar-refractivity contribution is 6.30. The number of benzene rings is 2. The number of hydrogen-bond acceptors (Lipinski definition) is 3. The largest absolute Gasteiger partial charge is 0.484 e. The van der Waals surface area contributed by atoms with Crippen LogP contribution in [0.5, 0.6) is 5.75 Å². The molecular weight excluding hydrogens is 376 g/mol. The van der Waals surface area contributed by atoms with Gasteiger partial charge in [-0.2, -0.15) is 0 Å². The van der Waals surface area contributed by atoms with Crippen molar-refractivity contribution in [3.05, 3.63) is 64.7 Å². The smallest absolute Gasteiger partial charge is 0.261 e. The van der Waals surface area contributed by atoms with Crippen molar-refractivity contribution in [2.45, 2.75) is 46.3 Å². The van der Waals surface area contributed by atoms with E-state index in [4.69, 9.17) is 16.3 Å². The van der Waals surface area contributed by atoms with E-state index in [0.717, 1.165) is 11.1 Å². The third-order valence-electron chi connectivity index (χ3n) is 4.21. The van der Waals surface area contributed by atoms with Gasteiger partial charge in [-0.25, -0.2) is 0 Å². The molecule has 2 aromatic carbocycles. The molecule has 0 aliphatic carbocycles. The molecule has 2 amide bonds. The van der Waals surface area contributed by atoms with Crippen LogP contribution in [0.15, 0.2) is 48.5 Å². The number of carbonyl (C=O) groups is 2. The predicted octanol–water partition coefficient (Wildman–Crippen LogP) is 3.97. The summed E-state index contributed by atoms with van der Waals surface area (Å²) in [5.74, 6) is 0.0953. The van der Waals surface area contributed by atoms with E-state index in [2.05, 4.69) is 5.32 Å². The van der Waals surface area contributed by atoms with Crippen molar-refractivity contribution in [2.75, 3.05) is 6.61 Å². The first kappa shape index (κ1) is 21.8. The first-order valence-corrected chi connectivity index (χ1v) is 9.68. The van der Waals surface area contributed by atoms with Crippen LogP contribution in [0, 0.1) is 6.92 Å². The number of amides is 2. The van der Waals surface area contributed by atoms with E-state index in [1.54, 1.807) is 36.1 Å². The van der Waals surface area contributed by atoms with Crippen molar-refractivity contribution in [1.29, 1.82) is 0 Å². The van der Waals surface area contributed by atoms with Gasteiger partial charge in [-0.05, 0) is 57.5 Å². The van der Waals surface area contributed by atoms with Gasteiger partial charge in [0, 0.05) is 17.6 Å². The SMILES string of the molecule is Cc1cccc(CN(C(=O)COc2ccc(Cl)cc2)[C@H](C)C(=O)NC(C)C)c1. The average Bonchev–Trinajstić information content (AvgIpc) is 2.64. The standard InChI is InChI=1S/C22H27ClN2O3/c1-15(2)24-22(27)17(4)25(13-18-7-5-6-16(3)12-18)21(26)14-28-20-10-8-19(23)9-11-20/h5-12,15,17H,13-14H2,1-4H3,(H,24,27)/t17-/m1/s1. The summed E-state index contributed by atoms with van der Waals surface area (Å²) in [4.78, 5) is 27.0. The van der Waals surface area contributed by atoms with Gasteiger partial charge in [-0.15, -0.1) is 0 Å². The third kappa shape index (κ3) is 6.57. The lowest BCUT2D eigenvalue weighted by Gasteiger charge is -2.29. The minimum absolute atomic E-state index is 0.00353. The molecule has 0 bridgehead atoms. The summed E-state index contributed by atoms with van der Waals surface area (Å²) in [5.41, 5.74) is 2.06. The van der Waals surface area contributed by atoms with Crippen LogP contribution in [-0.2, 0) is 16.1 Å². The van der Waals surface area contributed by atoms with Crippen molar-refractivity contribution >= 4 is 23.4 Å². The molecule has 150 valence electrons. The summed E-state index contributed by atoms with van der Waals surface area (Å²) in [6.07, 6.45) is 0. The number of carbonyl (C=O) groups excluding carboxylic acids is 2. The Labute approximate surface area is 171 Å². The Balaban J connectivity index is 2.14. The zero-order valence-corrected chi connectivity index (χ0v) is 17.5. The molecule has 1 N–H and O–H groups in total. The van der Waals surface area contributed by atoms with E-state index >= 15 is 0 Å². The molecule has 28 heavy (non-hydrogen) atoms. The highest BCUT2D eigenvalue weighted by Gasteiger charge is 2.26. The fourth-order valence-electron chi connectivity index (χ4n) is 2.75. The van der Waals surface area contributed by atoms with Crippen LogP contribution in [0.1, 0.15) is 31.9 Å². The maximum atomic E-state index is 12.9. The van der Waals surface area contributed by atoms with Crippen LogP contribution >= 0.6 is 11.6 Å². The van der Waals surface area contributed by atoms with Gasteiger partial charge in [-0.1, -0.05) is 41.4 Å². The second-order valence-corrected chi connectivity index (χ2v) is 7.53. The van der Waals surface area contributed by atoms with E-state index in [0.29, 0.717) is 17.3 Å². The molecule has 0 saturated heterocycles. The summed E-state index contributed by atoms with van der Waals surface area (Å²) in [6, 6.07) is 14.1. The summed E-state index contributed by atoms with van der Waals surface area (Å²) in [6.45, 7) is 7.67. The molecule has 0 saturated carbocycles. The maximum Gasteiger partial charge on any atom is 0.261 e. The number of halogens is 1. The second-order valence-electron chi connectivity index (χ2n) is 7.09. The Morgan fingerprint density at radius 2 is 1.79 bits per heavy atom. The van der Waals surface area contributed by atoms with E-state index in [9.17, 15) is 9.59 Å². The minimum Gasteiger partial charge on any atom is -0.484 e. The number of aryl methyl sites for hydroxylation is 1. The molecule has 1 atom stereocenters. The predicted molar refractivity (Wildman–Crippen MR) is 111 cm³/mol. The summed E-state index contributed by atoms with van der Waals surface area (Å²) in [7, 11) is 0. The fraction of sp³-hybridized carbons (Fsp3) is 0.364. The van der Waals surface area contributed by atoms with Gasteiger partial charge in [0.2, 0.25) is 5.91 Å². The number of rotatable bonds is 8. The number of nitrogens with one attached hydrogen (secondary N) is 1. The van der Waals surface area contributed by atoms with Crippen LogP contribution in [0.4, 0.5) is 0 Å². The summed E-state index contributed by atoms with van der Waals surface area (Å²) >= 11 is 5.87. The van der Waals surface area contributed by atoms with E-state index in [1.165, 1.54) is 0 Å². The van der Waals surface area contributed by atoms with Gasteiger partial charge in [0.25, 0.3) is 5.91 Å². The molecule has 0 aromatic heterocycles. The molecule has 0 radical (unpaired) electrons. The molecule has 0 unspecified atom stereocenters. The van der Waals surface area contributed by atoms with Crippen molar-refractivity contribution in [2.24, 2.45) is 0 Å². The summed E-state index contributed by atoms with van der Waals surface area (Å²) < 4.78 is 5.59. The van der Waals surface area contributed by atoms with Crippen LogP contribution in [0.25, 0.3) is 0 Å². The Morgan fingerprint density at radius 3 is 2.39 bits per heavy atom. The Kier molecular flexibility index (Phi) is 7.88. The van der Waals surface area contributed by atoms with Crippen LogP contribution in [-0.4, -0.2) is 35.4 Å². The molecular formula is C22H27ClN2O3. The highest BCUT2D eigenvalue weighted by atomic mass is 35.5. The lowest BCUT2D eigenvalue weighted by atomic mass is 10.1. The molecule has 0 heterocycles. The minimum atomic E-state index is -0.621. The molecule has 2 rings (SSSR count). The third-order valence-corrected chi connectivity index (χ3v) is 4.46. The maximum absolute atomic E-state index is 12.9. The molecule has 0 aliphatic heterocycles. The molecule has 6 heteroatoms. The topological polar surface area (TPSA) is 58.6 Å². The Hall–Kier alpha value is -2.53. The van der Waals surface area contributed by atoms with Crippen LogP contribution < -0.4 is 10.1 Å². The second kappa shape index (κ2) is 10.1. The number of hydrogen-bond donors (Lipinski definition) is 1. The number of ether oxygens (including phenoxy) is 1. The van der Waals surface area contributed by atoms with Crippen molar-refractivity contribution in [3.8, 4) is 5.75 Å². The Morgan fingerprint density at radius 1 is 1.11 bits per heavy atom. The first-order valence-electron chi connectivity index (χ1n) is 9.30. The van der Waals surface area contributed by atoms with Crippen molar-refractivity contribution < 1.29 is 14.3 Å². The zero-order chi connectivity index (χ0) is 20.7. The summed E-state index contributed by atoms with van der Waals surface area (Å²) in [5, 5.41) is 3.46. The quantitative estimate of drug-likeness (QED) is 0.726. The van der Waals surface area contributed by atoms with Crippen LogP contribution in [0.2, 0.25) is 5.02 Å². The molecule has 2 aromatic rings. The molecule has 5 nitrogen and oxygen atoms in total. The lowest BCUT2D eigenvalue weighted by Crippen LogP contribution is -2.50. The zero-order valence-electron chi connectivity index (χ0n) is 16.7. The molecule has 0 fully saturated rings. The first-order chi connectivity index (χ1) is 13.3. The van der Waals surface area contributed by atoms with Crippen LogP contribution in [0.3, 0.4) is 0 Å².